The van der Waals surface area contributed by atoms with Crippen molar-refractivity contribution in [3.05, 3.63) is 15.0 Å². The number of halogens is 1. The first-order valence-corrected chi connectivity index (χ1v) is 4.04. The van der Waals surface area contributed by atoms with Crippen LogP contribution in [0.2, 0.25) is 0 Å². The lowest BCUT2D eigenvalue weighted by Crippen LogP contribution is -1.98. The third kappa shape index (κ3) is 1.54. The van der Waals surface area contributed by atoms with Crippen LogP contribution in [0.15, 0.2) is 9.98 Å². The van der Waals surface area contributed by atoms with Gasteiger partial charge in [0.2, 0.25) is 5.01 Å². The highest BCUT2D eigenvalue weighted by Crippen LogP contribution is 2.19. The normalized spacial score (nSPS) is 9.40. The minimum absolute atomic E-state index is 0.370. The average molecular weight is 222 g/mol. The molecule has 1 aromatic rings. The van der Waals surface area contributed by atoms with Crippen molar-refractivity contribution in [3.8, 4) is 0 Å². The van der Waals surface area contributed by atoms with Crippen molar-refractivity contribution in [1.29, 1.82) is 0 Å². The first-order chi connectivity index (χ1) is 4.74. The van der Waals surface area contributed by atoms with E-state index >= 15 is 0 Å². The minimum Gasteiger partial charge on any atom is -0.464 e. The molecule has 1 aromatic heterocycles. The third-order valence-electron chi connectivity index (χ3n) is 0.837. The number of ether oxygens (including phenoxy) is 1. The van der Waals surface area contributed by atoms with Crippen LogP contribution in [0.3, 0.4) is 0 Å². The lowest BCUT2D eigenvalue weighted by Gasteiger charge is -1.89. The SMILES string of the molecule is COC(=O)c1ncc(Br)s1. The summed E-state index contributed by atoms with van der Waals surface area (Å²) in [4.78, 5) is 14.5. The highest BCUT2D eigenvalue weighted by molar-refractivity contribution is 9.11. The summed E-state index contributed by atoms with van der Waals surface area (Å²) in [6.07, 6.45) is 1.57. The predicted molar refractivity (Wildman–Crippen MR) is 41.2 cm³/mol. The van der Waals surface area contributed by atoms with Gasteiger partial charge < -0.3 is 4.74 Å². The zero-order valence-corrected chi connectivity index (χ0v) is 7.53. The van der Waals surface area contributed by atoms with Crippen LogP contribution in [0.4, 0.5) is 0 Å². The fraction of sp³-hybridized carbons (Fsp3) is 0.200. The monoisotopic (exact) mass is 221 g/mol. The summed E-state index contributed by atoms with van der Waals surface area (Å²) < 4.78 is 5.26. The van der Waals surface area contributed by atoms with Crippen LogP contribution in [0.5, 0.6) is 0 Å². The summed E-state index contributed by atoms with van der Waals surface area (Å²) in [6, 6.07) is 0. The van der Waals surface area contributed by atoms with E-state index in [1.807, 2.05) is 0 Å². The van der Waals surface area contributed by atoms with E-state index in [2.05, 4.69) is 25.7 Å². The second-order valence-electron chi connectivity index (χ2n) is 1.46. The summed E-state index contributed by atoms with van der Waals surface area (Å²) in [5, 5.41) is 0.370. The van der Waals surface area contributed by atoms with Crippen LogP contribution >= 0.6 is 27.3 Å². The van der Waals surface area contributed by atoms with Gasteiger partial charge in [-0.15, -0.1) is 11.3 Å². The van der Waals surface area contributed by atoms with Crippen molar-refractivity contribution in [2.75, 3.05) is 7.11 Å². The van der Waals surface area contributed by atoms with Crippen molar-refractivity contribution < 1.29 is 9.53 Å². The van der Waals surface area contributed by atoms with Crippen molar-refractivity contribution in [2.45, 2.75) is 0 Å². The molecule has 1 rings (SSSR count). The van der Waals surface area contributed by atoms with E-state index in [1.165, 1.54) is 18.4 Å². The number of methoxy groups -OCH3 is 1. The van der Waals surface area contributed by atoms with Crippen LogP contribution in [0.1, 0.15) is 9.80 Å². The Morgan fingerprint density at radius 1 is 1.90 bits per heavy atom. The Kier molecular flexibility index (Phi) is 2.39. The molecular formula is C5H4BrNO2S. The molecule has 3 nitrogen and oxygen atoms in total. The lowest BCUT2D eigenvalue weighted by atomic mass is 10.7. The number of aromatic nitrogens is 1. The maximum absolute atomic E-state index is 10.7. The van der Waals surface area contributed by atoms with Crippen molar-refractivity contribution in [1.82, 2.24) is 4.98 Å². The Labute approximate surface area is 70.2 Å². The van der Waals surface area contributed by atoms with Gasteiger partial charge in [0, 0.05) is 0 Å². The number of hydrogen-bond donors (Lipinski definition) is 0. The molecule has 0 unspecified atom stereocenters. The molecular weight excluding hydrogens is 218 g/mol. The molecule has 0 N–H and O–H groups in total. The molecule has 0 fully saturated rings. The highest BCUT2D eigenvalue weighted by atomic mass is 79.9. The van der Waals surface area contributed by atoms with Gasteiger partial charge in [-0.1, -0.05) is 0 Å². The highest BCUT2D eigenvalue weighted by Gasteiger charge is 2.08. The van der Waals surface area contributed by atoms with Gasteiger partial charge in [0.15, 0.2) is 0 Å². The molecule has 0 aromatic carbocycles. The Bertz CT molecular complexity index is 248. The number of hydrogen-bond acceptors (Lipinski definition) is 4. The zero-order chi connectivity index (χ0) is 7.56. The number of carbonyl (C=O) groups excluding carboxylic acids is 1. The van der Waals surface area contributed by atoms with Crippen LogP contribution in [-0.4, -0.2) is 18.1 Å². The van der Waals surface area contributed by atoms with Gasteiger partial charge in [0.1, 0.15) is 0 Å². The van der Waals surface area contributed by atoms with Crippen LogP contribution in [0, 0.1) is 0 Å². The Balaban J connectivity index is 2.85. The van der Waals surface area contributed by atoms with Crippen molar-refractivity contribution in [3.63, 3.8) is 0 Å². The fourth-order valence-electron chi connectivity index (χ4n) is 0.436. The van der Waals surface area contributed by atoms with Gasteiger partial charge in [-0.3, -0.25) is 0 Å². The summed E-state index contributed by atoms with van der Waals surface area (Å²) in [5.41, 5.74) is 0. The first-order valence-electron chi connectivity index (χ1n) is 2.43. The molecule has 0 amide bonds. The molecule has 1 heterocycles. The molecule has 0 spiro atoms. The summed E-state index contributed by atoms with van der Waals surface area (Å²) in [7, 11) is 1.33. The molecule has 0 atom stereocenters. The predicted octanol–water partition coefficient (Wildman–Crippen LogP) is 1.69. The summed E-state index contributed by atoms with van der Waals surface area (Å²) >= 11 is 4.43. The van der Waals surface area contributed by atoms with Crippen LogP contribution in [0.25, 0.3) is 0 Å². The Hall–Kier alpha value is -0.420. The van der Waals surface area contributed by atoms with E-state index in [0.717, 1.165) is 3.79 Å². The Morgan fingerprint density at radius 2 is 2.60 bits per heavy atom. The molecule has 10 heavy (non-hydrogen) atoms. The molecule has 0 aliphatic rings. The molecule has 0 aliphatic heterocycles. The largest absolute Gasteiger partial charge is 0.464 e. The van der Waals surface area contributed by atoms with E-state index in [0.29, 0.717) is 5.01 Å². The van der Waals surface area contributed by atoms with Crippen LogP contribution in [-0.2, 0) is 4.74 Å². The maximum atomic E-state index is 10.7. The number of thiazole rings is 1. The van der Waals surface area contributed by atoms with E-state index in [4.69, 9.17) is 0 Å². The molecule has 0 saturated heterocycles. The van der Waals surface area contributed by atoms with Gasteiger partial charge in [-0.05, 0) is 15.9 Å². The topological polar surface area (TPSA) is 39.2 Å². The van der Waals surface area contributed by atoms with Gasteiger partial charge in [0.25, 0.3) is 0 Å². The molecule has 0 radical (unpaired) electrons. The average Bonchev–Trinajstić information content (AvgIpc) is 2.34. The van der Waals surface area contributed by atoms with Gasteiger partial charge in [-0.2, -0.15) is 0 Å². The Morgan fingerprint density at radius 3 is 3.00 bits per heavy atom. The van der Waals surface area contributed by atoms with Gasteiger partial charge >= 0.3 is 5.97 Å². The van der Waals surface area contributed by atoms with Crippen molar-refractivity contribution >= 4 is 33.2 Å². The zero-order valence-electron chi connectivity index (χ0n) is 5.13. The molecule has 0 aliphatic carbocycles. The summed E-state index contributed by atoms with van der Waals surface area (Å²) in [6.45, 7) is 0. The fourth-order valence-corrected chi connectivity index (χ4v) is 1.56. The minimum atomic E-state index is -0.393. The van der Waals surface area contributed by atoms with Crippen LogP contribution < -0.4 is 0 Å². The quantitative estimate of drug-likeness (QED) is 0.678. The molecule has 0 bridgehead atoms. The molecule has 0 saturated carbocycles. The molecule has 5 heteroatoms. The second-order valence-corrected chi connectivity index (χ2v) is 3.87. The van der Waals surface area contributed by atoms with Gasteiger partial charge in [-0.25, -0.2) is 9.78 Å². The smallest absolute Gasteiger partial charge is 0.367 e. The maximum Gasteiger partial charge on any atom is 0.367 e. The lowest BCUT2D eigenvalue weighted by molar-refractivity contribution is 0.0600. The van der Waals surface area contributed by atoms with Gasteiger partial charge in [0.05, 0.1) is 17.1 Å². The number of esters is 1. The first kappa shape index (κ1) is 7.68. The van der Waals surface area contributed by atoms with E-state index < -0.39 is 5.97 Å². The van der Waals surface area contributed by atoms with Crippen molar-refractivity contribution in [2.24, 2.45) is 0 Å². The van der Waals surface area contributed by atoms with E-state index in [-0.39, 0.29) is 0 Å². The number of carbonyl (C=O) groups is 1. The van der Waals surface area contributed by atoms with E-state index in [9.17, 15) is 4.79 Å². The standard InChI is InChI=1S/C5H4BrNO2S/c1-9-5(8)4-7-2-3(6)10-4/h2H,1H3. The molecule has 54 valence electrons. The number of nitrogens with zero attached hydrogens (tertiary/aromatic N) is 1. The van der Waals surface area contributed by atoms with E-state index in [1.54, 1.807) is 6.20 Å². The summed E-state index contributed by atoms with van der Waals surface area (Å²) in [5.74, 6) is -0.393. The second kappa shape index (κ2) is 3.12. The number of rotatable bonds is 1. The third-order valence-corrected chi connectivity index (χ3v) is 2.29.